The molecule has 0 aliphatic heterocycles. The van der Waals surface area contributed by atoms with E-state index in [0.29, 0.717) is 28.1 Å². The second kappa shape index (κ2) is 7.22. The SMILES string of the molecule is Cc1cc(Cl)ccc1NC(=O)c1cc(NCC(C)C)ncn1. The molecule has 0 aliphatic carbocycles. The maximum Gasteiger partial charge on any atom is 0.274 e. The van der Waals surface area contributed by atoms with Gasteiger partial charge in [0.15, 0.2) is 0 Å². The van der Waals surface area contributed by atoms with Crippen molar-refractivity contribution < 1.29 is 4.79 Å². The quantitative estimate of drug-likeness (QED) is 0.881. The van der Waals surface area contributed by atoms with Gasteiger partial charge in [-0.25, -0.2) is 9.97 Å². The highest BCUT2D eigenvalue weighted by molar-refractivity contribution is 6.30. The summed E-state index contributed by atoms with van der Waals surface area (Å²) in [4.78, 5) is 20.4. The number of hydrogen-bond donors (Lipinski definition) is 2. The van der Waals surface area contributed by atoms with Crippen molar-refractivity contribution in [1.82, 2.24) is 9.97 Å². The minimum atomic E-state index is -0.277. The van der Waals surface area contributed by atoms with E-state index in [2.05, 4.69) is 34.4 Å². The van der Waals surface area contributed by atoms with Crippen LogP contribution in [0.15, 0.2) is 30.6 Å². The van der Waals surface area contributed by atoms with Crippen molar-refractivity contribution in [1.29, 1.82) is 0 Å². The molecule has 0 bridgehead atoms. The van der Waals surface area contributed by atoms with Crippen LogP contribution in [-0.4, -0.2) is 22.4 Å². The van der Waals surface area contributed by atoms with Gasteiger partial charge in [0.25, 0.3) is 5.91 Å². The van der Waals surface area contributed by atoms with Crippen LogP contribution < -0.4 is 10.6 Å². The molecule has 6 heteroatoms. The van der Waals surface area contributed by atoms with Crippen molar-refractivity contribution in [3.8, 4) is 0 Å². The van der Waals surface area contributed by atoms with E-state index in [1.807, 2.05) is 6.92 Å². The first-order chi connectivity index (χ1) is 10.5. The van der Waals surface area contributed by atoms with Crippen molar-refractivity contribution in [2.45, 2.75) is 20.8 Å². The monoisotopic (exact) mass is 318 g/mol. The Morgan fingerprint density at radius 2 is 2.05 bits per heavy atom. The fraction of sp³-hybridized carbons (Fsp3) is 0.312. The average molecular weight is 319 g/mol. The molecule has 0 aliphatic rings. The number of hydrogen-bond acceptors (Lipinski definition) is 4. The molecule has 0 saturated carbocycles. The van der Waals surface area contributed by atoms with E-state index in [1.54, 1.807) is 24.3 Å². The normalized spacial score (nSPS) is 10.6. The average Bonchev–Trinajstić information content (AvgIpc) is 2.48. The summed E-state index contributed by atoms with van der Waals surface area (Å²) in [5.41, 5.74) is 1.92. The summed E-state index contributed by atoms with van der Waals surface area (Å²) >= 11 is 5.91. The molecular formula is C16H19ClN4O. The Hall–Kier alpha value is -2.14. The van der Waals surface area contributed by atoms with Gasteiger partial charge in [0.1, 0.15) is 17.8 Å². The smallest absolute Gasteiger partial charge is 0.274 e. The maximum absolute atomic E-state index is 12.3. The van der Waals surface area contributed by atoms with Crippen LogP contribution in [0.3, 0.4) is 0 Å². The molecule has 22 heavy (non-hydrogen) atoms. The standard InChI is InChI=1S/C16H19ClN4O/c1-10(2)8-18-15-7-14(19-9-20-15)16(22)21-13-5-4-12(17)6-11(13)3/h4-7,9-10H,8H2,1-3H3,(H,21,22)(H,18,19,20). The summed E-state index contributed by atoms with van der Waals surface area (Å²) in [6, 6.07) is 6.95. The van der Waals surface area contributed by atoms with Gasteiger partial charge in [-0.05, 0) is 36.6 Å². The third kappa shape index (κ3) is 4.43. The molecule has 5 nitrogen and oxygen atoms in total. The van der Waals surface area contributed by atoms with Gasteiger partial charge in [-0.1, -0.05) is 25.4 Å². The van der Waals surface area contributed by atoms with E-state index in [0.717, 1.165) is 12.1 Å². The predicted octanol–water partition coefficient (Wildman–Crippen LogP) is 3.76. The summed E-state index contributed by atoms with van der Waals surface area (Å²) in [5.74, 6) is 0.853. The number of aromatic nitrogens is 2. The number of amides is 1. The van der Waals surface area contributed by atoms with Gasteiger partial charge in [0.05, 0.1) is 0 Å². The molecule has 0 fully saturated rings. The molecule has 0 unspecified atom stereocenters. The van der Waals surface area contributed by atoms with Crippen molar-refractivity contribution >= 4 is 29.0 Å². The Labute approximate surface area is 135 Å². The van der Waals surface area contributed by atoms with Crippen molar-refractivity contribution in [2.75, 3.05) is 17.2 Å². The van der Waals surface area contributed by atoms with E-state index in [1.165, 1.54) is 6.33 Å². The first-order valence-corrected chi connectivity index (χ1v) is 7.47. The minimum Gasteiger partial charge on any atom is -0.370 e. The molecule has 1 heterocycles. The molecule has 1 aromatic carbocycles. The summed E-state index contributed by atoms with van der Waals surface area (Å²) < 4.78 is 0. The highest BCUT2D eigenvalue weighted by atomic mass is 35.5. The number of benzene rings is 1. The summed E-state index contributed by atoms with van der Waals surface area (Å²) in [5, 5.41) is 6.64. The van der Waals surface area contributed by atoms with E-state index >= 15 is 0 Å². The summed E-state index contributed by atoms with van der Waals surface area (Å²) in [7, 11) is 0. The second-order valence-electron chi connectivity index (χ2n) is 5.48. The largest absolute Gasteiger partial charge is 0.370 e. The van der Waals surface area contributed by atoms with Crippen LogP contribution in [0.4, 0.5) is 11.5 Å². The fourth-order valence-electron chi connectivity index (χ4n) is 1.84. The first-order valence-electron chi connectivity index (χ1n) is 7.09. The van der Waals surface area contributed by atoms with E-state index in [4.69, 9.17) is 11.6 Å². The molecule has 1 amide bonds. The van der Waals surface area contributed by atoms with Gasteiger partial charge >= 0.3 is 0 Å². The van der Waals surface area contributed by atoms with Crippen LogP contribution in [0.25, 0.3) is 0 Å². The van der Waals surface area contributed by atoms with Gasteiger partial charge < -0.3 is 10.6 Å². The lowest BCUT2D eigenvalue weighted by Crippen LogP contribution is -2.16. The maximum atomic E-state index is 12.3. The second-order valence-corrected chi connectivity index (χ2v) is 5.91. The van der Waals surface area contributed by atoms with Crippen LogP contribution in [0.1, 0.15) is 29.9 Å². The number of anilines is 2. The Balaban J connectivity index is 2.10. The fourth-order valence-corrected chi connectivity index (χ4v) is 2.07. The Bertz CT molecular complexity index is 673. The Morgan fingerprint density at radius 3 is 2.73 bits per heavy atom. The van der Waals surface area contributed by atoms with E-state index in [9.17, 15) is 4.79 Å². The Morgan fingerprint density at radius 1 is 1.27 bits per heavy atom. The van der Waals surface area contributed by atoms with Gasteiger partial charge in [-0.2, -0.15) is 0 Å². The predicted molar refractivity (Wildman–Crippen MR) is 89.5 cm³/mol. The van der Waals surface area contributed by atoms with Gasteiger partial charge in [-0.15, -0.1) is 0 Å². The van der Waals surface area contributed by atoms with Crippen LogP contribution in [0.2, 0.25) is 5.02 Å². The Kier molecular flexibility index (Phi) is 5.33. The number of nitrogens with zero attached hydrogens (tertiary/aromatic N) is 2. The van der Waals surface area contributed by atoms with Crippen LogP contribution >= 0.6 is 11.6 Å². The van der Waals surface area contributed by atoms with Crippen molar-refractivity contribution in [3.63, 3.8) is 0 Å². The zero-order valence-electron chi connectivity index (χ0n) is 12.9. The summed E-state index contributed by atoms with van der Waals surface area (Å²) in [6.45, 7) is 6.88. The third-order valence-electron chi connectivity index (χ3n) is 3.03. The molecule has 2 aromatic rings. The number of carbonyl (C=O) groups is 1. The van der Waals surface area contributed by atoms with E-state index < -0.39 is 0 Å². The van der Waals surface area contributed by atoms with Gasteiger partial charge in [0, 0.05) is 23.3 Å². The van der Waals surface area contributed by atoms with Crippen LogP contribution in [0.5, 0.6) is 0 Å². The highest BCUT2D eigenvalue weighted by Gasteiger charge is 2.11. The van der Waals surface area contributed by atoms with Crippen LogP contribution in [-0.2, 0) is 0 Å². The molecule has 1 aromatic heterocycles. The molecule has 0 spiro atoms. The lowest BCUT2D eigenvalue weighted by Gasteiger charge is -2.10. The lowest BCUT2D eigenvalue weighted by molar-refractivity contribution is 0.102. The molecule has 116 valence electrons. The molecule has 2 N–H and O–H groups in total. The molecular weight excluding hydrogens is 300 g/mol. The van der Waals surface area contributed by atoms with Gasteiger partial charge in [0.2, 0.25) is 0 Å². The molecule has 2 rings (SSSR count). The van der Waals surface area contributed by atoms with Gasteiger partial charge in [-0.3, -0.25) is 4.79 Å². The number of halogens is 1. The number of carbonyl (C=O) groups excluding carboxylic acids is 1. The molecule has 0 atom stereocenters. The number of nitrogens with one attached hydrogen (secondary N) is 2. The van der Waals surface area contributed by atoms with Crippen LogP contribution in [0, 0.1) is 12.8 Å². The number of aryl methyl sites for hydroxylation is 1. The first kappa shape index (κ1) is 16.2. The zero-order valence-corrected chi connectivity index (χ0v) is 13.6. The minimum absolute atomic E-state index is 0.277. The lowest BCUT2D eigenvalue weighted by atomic mass is 10.2. The van der Waals surface area contributed by atoms with Crippen molar-refractivity contribution in [2.24, 2.45) is 5.92 Å². The molecule has 0 saturated heterocycles. The van der Waals surface area contributed by atoms with E-state index in [-0.39, 0.29) is 5.91 Å². The van der Waals surface area contributed by atoms with Crippen molar-refractivity contribution in [3.05, 3.63) is 46.9 Å². The molecule has 0 radical (unpaired) electrons. The summed E-state index contributed by atoms with van der Waals surface area (Å²) in [6.07, 6.45) is 1.38. The topological polar surface area (TPSA) is 66.9 Å². The third-order valence-corrected chi connectivity index (χ3v) is 3.26. The number of rotatable bonds is 5. The highest BCUT2D eigenvalue weighted by Crippen LogP contribution is 2.20. The zero-order chi connectivity index (χ0) is 16.1.